The number of nitrogens with zero attached hydrogens (tertiary/aromatic N) is 2. The summed E-state index contributed by atoms with van der Waals surface area (Å²) in [6.07, 6.45) is 1.27. The van der Waals surface area contributed by atoms with E-state index in [1.54, 1.807) is 13.8 Å². The zero-order chi connectivity index (χ0) is 13.8. The van der Waals surface area contributed by atoms with E-state index in [2.05, 4.69) is 9.97 Å². The molecule has 5 nitrogen and oxygen atoms in total. The van der Waals surface area contributed by atoms with Crippen molar-refractivity contribution in [2.75, 3.05) is 6.61 Å². The van der Waals surface area contributed by atoms with E-state index in [4.69, 9.17) is 4.74 Å². The number of carbonyl (C=O) groups excluding carboxylic acids is 1. The van der Waals surface area contributed by atoms with Crippen molar-refractivity contribution < 1.29 is 14.6 Å². The first-order chi connectivity index (χ1) is 9.11. The quantitative estimate of drug-likeness (QED) is 0.520. The highest BCUT2D eigenvalue weighted by Gasteiger charge is 2.10. The predicted octanol–water partition coefficient (Wildman–Crippen LogP) is 2.40. The second kappa shape index (κ2) is 5.48. The summed E-state index contributed by atoms with van der Waals surface area (Å²) in [6, 6.07) is 7.40. The highest BCUT2D eigenvalue weighted by atomic mass is 16.5. The van der Waals surface area contributed by atoms with Gasteiger partial charge in [-0.2, -0.15) is 0 Å². The molecule has 0 saturated carbocycles. The number of hydrogen-bond acceptors (Lipinski definition) is 5. The average Bonchev–Trinajstić information content (AvgIpc) is 2.39. The van der Waals surface area contributed by atoms with Crippen LogP contribution in [0.5, 0.6) is 0 Å². The maximum absolute atomic E-state index is 11.3. The minimum Gasteiger partial charge on any atom is -0.502 e. The van der Waals surface area contributed by atoms with Gasteiger partial charge in [0.2, 0.25) is 5.76 Å². The van der Waals surface area contributed by atoms with E-state index in [0.29, 0.717) is 16.9 Å². The lowest BCUT2D eigenvalue weighted by atomic mass is 10.2. The van der Waals surface area contributed by atoms with Crippen molar-refractivity contribution in [3.63, 3.8) is 0 Å². The fourth-order valence-corrected chi connectivity index (χ4v) is 1.63. The van der Waals surface area contributed by atoms with Gasteiger partial charge >= 0.3 is 5.97 Å². The van der Waals surface area contributed by atoms with Gasteiger partial charge in [0.1, 0.15) is 0 Å². The summed E-state index contributed by atoms with van der Waals surface area (Å²) in [5.74, 6) is -1.24. The molecule has 98 valence electrons. The summed E-state index contributed by atoms with van der Waals surface area (Å²) >= 11 is 0. The van der Waals surface area contributed by atoms with Crippen LogP contribution in [-0.2, 0) is 9.53 Å². The highest BCUT2D eigenvalue weighted by Crippen LogP contribution is 2.14. The van der Waals surface area contributed by atoms with Gasteiger partial charge in [-0.15, -0.1) is 0 Å². The number of benzene rings is 1. The molecule has 1 aromatic carbocycles. The van der Waals surface area contributed by atoms with Gasteiger partial charge < -0.3 is 9.84 Å². The molecule has 0 amide bonds. The summed E-state index contributed by atoms with van der Waals surface area (Å²) < 4.78 is 4.70. The van der Waals surface area contributed by atoms with Gasteiger partial charge in [-0.05, 0) is 26.0 Å². The molecule has 1 aromatic heterocycles. The molecule has 0 spiro atoms. The highest BCUT2D eigenvalue weighted by molar-refractivity contribution is 5.91. The molecule has 0 unspecified atom stereocenters. The predicted molar refractivity (Wildman–Crippen MR) is 71.5 cm³/mol. The van der Waals surface area contributed by atoms with Crippen LogP contribution in [0.1, 0.15) is 18.3 Å². The van der Waals surface area contributed by atoms with E-state index >= 15 is 0 Å². The molecule has 0 radical (unpaired) electrons. The third-order valence-electron chi connectivity index (χ3n) is 2.54. The third kappa shape index (κ3) is 2.88. The second-order valence-corrected chi connectivity index (χ2v) is 3.93. The largest absolute Gasteiger partial charge is 0.502 e. The number of aryl methyl sites for hydroxylation is 1. The minimum atomic E-state index is -0.767. The number of fused-ring (bicyclic) bond motifs is 1. The summed E-state index contributed by atoms with van der Waals surface area (Å²) in [6.45, 7) is 3.65. The first-order valence-corrected chi connectivity index (χ1v) is 5.93. The van der Waals surface area contributed by atoms with Crippen LogP contribution in [0.3, 0.4) is 0 Å². The van der Waals surface area contributed by atoms with Crippen LogP contribution in [0.15, 0.2) is 30.0 Å². The first-order valence-electron chi connectivity index (χ1n) is 5.93. The Kier molecular flexibility index (Phi) is 3.75. The van der Waals surface area contributed by atoms with E-state index in [9.17, 15) is 9.90 Å². The van der Waals surface area contributed by atoms with Crippen molar-refractivity contribution in [1.82, 2.24) is 9.97 Å². The van der Waals surface area contributed by atoms with Gasteiger partial charge in [-0.1, -0.05) is 12.1 Å². The Bertz CT molecular complexity index is 650. The molecule has 2 aromatic rings. The Labute approximate surface area is 110 Å². The van der Waals surface area contributed by atoms with Crippen LogP contribution < -0.4 is 0 Å². The molecule has 0 atom stereocenters. The van der Waals surface area contributed by atoms with Gasteiger partial charge in [0.15, 0.2) is 0 Å². The molecule has 19 heavy (non-hydrogen) atoms. The van der Waals surface area contributed by atoms with Crippen molar-refractivity contribution in [3.8, 4) is 0 Å². The molecular weight excluding hydrogens is 244 g/mol. The maximum atomic E-state index is 11.3. The Morgan fingerprint density at radius 3 is 2.58 bits per heavy atom. The lowest BCUT2D eigenvalue weighted by Crippen LogP contribution is -2.07. The molecule has 1 heterocycles. The molecule has 0 aliphatic carbocycles. The Morgan fingerprint density at radius 1 is 1.32 bits per heavy atom. The van der Waals surface area contributed by atoms with Crippen LogP contribution in [-0.4, -0.2) is 27.7 Å². The van der Waals surface area contributed by atoms with E-state index in [0.717, 1.165) is 5.52 Å². The lowest BCUT2D eigenvalue weighted by molar-refractivity contribution is -0.141. The first kappa shape index (κ1) is 13.0. The zero-order valence-electron chi connectivity index (χ0n) is 10.8. The Hall–Kier alpha value is -2.43. The van der Waals surface area contributed by atoms with Gasteiger partial charge in [-0.25, -0.2) is 14.8 Å². The number of esters is 1. The van der Waals surface area contributed by atoms with Gasteiger partial charge in [0, 0.05) is 6.08 Å². The van der Waals surface area contributed by atoms with Crippen LogP contribution in [0, 0.1) is 6.92 Å². The third-order valence-corrected chi connectivity index (χ3v) is 2.54. The molecule has 0 bridgehead atoms. The van der Waals surface area contributed by atoms with Crippen LogP contribution in [0.2, 0.25) is 0 Å². The molecule has 0 fully saturated rings. The number of ether oxygens (including phenoxy) is 1. The van der Waals surface area contributed by atoms with E-state index < -0.39 is 11.7 Å². The number of hydrogen-bond donors (Lipinski definition) is 1. The van der Waals surface area contributed by atoms with Crippen molar-refractivity contribution in [3.05, 3.63) is 41.4 Å². The molecule has 2 rings (SSSR count). The van der Waals surface area contributed by atoms with E-state index in [1.165, 1.54) is 6.08 Å². The van der Waals surface area contributed by atoms with Crippen LogP contribution in [0.25, 0.3) is 17.1 Å². The molecule has 0 saturated heterocycles. The number of aliphatic hydroxyl groups is 1. The maximum Gasteiger partial charge on any atom is 0.373 e. The van der Waals surface area contributed by atoms with E-state index in [-0.39, 0.29) is 6.61 Å². The topological polar surface area (TPSA) is 72.3 Å². The standard InChI is InChI=1S/C14H14N2O3/c1-3-19-14(18)13(17)8-12-9(2)15-10-6-4-5-7-11(10)16-12/h4-8,17H,3H2,1-2H3/b13-8-. The zero-order valence-corrected chi connectivity index (χ0v) is 10.8. The van der Waals surface area contributed by atoms with Crippen molar-refractivity contribution in [1.29, 1.82) is 0 Å². The summed E-state index contributed by atoms with van der Waals surface area (Å²) in [5.41, 5.74) is 2.56. The minimum absolute atomic E-state index is 0.207. The lowest BCUT2D eigenvalue weighted by Gasteiger charge is -2.04. The monoisotopic (exact) mass is 258 g/mol. The molecule has 0 aliphatic heterocycles. The van der Waals surface area contributed by atoms with Crippen molar-refractivity contribution >= 4 is 23.1 Å². The number of aliphatic hydroxyl groups excluding tert-OH is 1. The number of rotatable bonds is 3. The van der Waals surface area contributed by atoms with Crippen LogP contribution >= 0.6 is 0 Å². The normalized spacial score (nSPS) is 11.6. The Morgan fingerprint density at radius 2 is 1.95 bits per heavy atom. The van der Waals surface area contributed by atoms with E-state index in [1.807, 2.05) is 24.3 Å². The average molecular weight is 258 g/mol. The summed E-state index contributed by atoms with van der Waals surface area (Å²) in [7, 11) is 0. The molecule has 0 aliphatic rings. The summed E-state index contributed by atoms with van der Waals surface area (Å²) in [5, 5.41) is 9.62. The van der Waals surface area contributed by atoms with Gasteiger partial charge in [-0.3, -0.25) is 0 Å². The second-order valence-electron chi connectivity index (χ2n) is 3.93. The fraction of sp³-hybridized carbons (Fsp3) is 0.214. The molecular formula is C14H14N2O3. The molecule has 1 N–H and O–H groups in total. The van der Waals surface area contributed by atoms with Gasteiger partial charge in [0.25, 0.3) is 0 Å². The smallest absolute Gasteiger partial charge is 0.373 e. The fourth-order valence-electron chi connectivity index (χ4n) is 1.63. The van der Waals surface area contributed by atoms with Gasteiger partial charge in [0.05, 0.1) is 29.0 Å². The van der Waals surface area contributed by atoms with Crippen molar-refractivity contribution in [2.24, 2.45) is 0 Å². The SMILES string of the molecule is CCOC(=O)/C(O)=C/c1nc2ccccc2nc1C. The number of aromatic nitrogens is 2. The number of para-hydroxylation sites is 2. The number of carbonyl (C=O) groups is 1. The molecule has 5 heteroatoms. The Balaban J connectivity index is 2.42. The van der Waals surface area contributed by atoms with Crippen LogP contribution in [0.4, 0.5) is 0 Å². The van der Waals surface area contributed by atoms with Crippen molar-refractivity contribution in [2.45, 2.75) is 13.8 Å². The summed E-state index contributed by atoms with van der Waals surface area (Å²) in [4.78, 5) is 20.0.